The van der Waals surface area contributed by atoms with Crippen LogP contribution in [0.3, 0.4) is 0 Å². The number of hydrogen-bond acceptors (Lipinski definition) is 4. The molecule has 4 unspecified atom stereocenters. The minimum Gasteiger partial charge on any atom is -0.273 e. The Balaban J connectivity index is 1.49. The summed E-state index contributed by atoms with van der Waals surface area (Å²) in [7, 11) is 0. The van der Waals surface area contributed by atoms with Crippen molar-refractivity contribution in [3.05, 3.63) is 95.0 Å². The molecule has 4 atom stereocenters. The van der Waals surface area contributed by atoms with Crippen LogP contribution in [-0.4, -0.2) is 28.3 Å². The lowest BCUT2D eigenvalue weighted by molar-refractivity contribution is -0.126. The van der Waals surface area contributed by atoms with Crippen LogP contribution in [0.4, 0.5) is 11.4 Å². The van der Waals surface area contributed by atoms with Gasteiger partial charge in [0.15, 0.2) is 6.10 Å². The fraction of sp³-hybridized carbons (Fsp3) is 0.259. The molecule has 0 radical (unpaired) electrons. The molecule has 1 saturated carbocycles. The molecule has 8 heteroatoms. The van der Waals surface area contributed by atoms with Crippen molar-refractivity contribution < 1.29 is 14.4 Å². The van der Waals surface area contributed by atoms with E-state index in [0.29, 0.717) is 17.1 Å². The molecule has 0 bridgehead atoms. The summed E-state index contributed by atoms with van der Waals surface area (Å²) in [4.78, 5) is 35.0. The molecule has 5 nitrogen and oxygen atoms in total. The summed E-state index contributed by atoms with van der Waals surface area (Å²) in [6, 6.07) is 23.5. The number of halogens is 3. The molecule has 2 saturated heterocycles. The van der Waals surface area contributed by atoms with Gasteiger partial charge in [-0.2, -0.15) is 0 Å². The normalized spacial score (nSPS) is 29.0. The molecule has 3 fully saturated rings. The zero-order chi connectivity index (χ0) is 24.5. The number of carbonyl (C=O) groups excluding carboxylic acids is 2. The van der Waals surface area contributed by atoms with Gasteiger partial charge in [0, 0.05) is 5.02 Å². The average molecular weight is 528 g/mol. The number of amides is 2. The molecule has 3 aliphatic rings. The number of hydroxylamine groups is 1. The Kier molecular flexibility index (Phi) is 5.21. The maximum absolute atomic E-state index is 13.9. The fourth-order valence-electron chi connectivity index (χ4n) is 5.52. The van der Waals surface area contributed by atoms with Gasteiger partial charge in [-0.3, -0.25) is 14.4 Å². The third-order valence-corrected chi connectivity index (χ3v) is 8.50. The molecule has 3 aromatic rings. The molecule has 0 N–H and O–H groups in total. The second kappa shape index (κ2) is 7.97. The van der Waals surface area contributed by atoms with Crippen LogP contribution in [0.15, 0.2) is 78.9 Å². The van der Waals surface area contributed by atoms with E-state index in [4.69, 9.17) is 39.6 Å². The topological polar surface area (TPSA) is 49.9 Å². The van der Waals surface area contributed by atoms with Gasteiger partial charge in [-0.1, -0.05) is 59.6 Å². The maximum atomic E-state index is 13.9. The van der Waals surface area contributed by atoms with Gasteiger partial charge >= 0.3 is 0 Å². The first kappa shape index (κ1) is 22.9. The summed E-state index contributed by atoms with van der Waals surface area (Å²) >= 11 is 19.7. The summed E-state index contributed by atoms with van der Waals surface area (Å²) in [6.07, 6.45) is -0.565. The molecule has 178 valence electrons. The second-order valence-corrected chi connectivity index (χ2v) is 11.3. The van der Waals surface area contributed by atoms with E-state index < -0.39 is 33.7 Å². The SMILES string of the molecule is Cc1ccc(N2OC3C(=O)N(c4ccc(Cl)cc4)C(=O)C3C2C2(c3ccccc3)CC2(Cl)Cl)cc1. The van der Waals surface area contributed by atoms with Crippen molar-refractivity contribution in [3.63, 3.8) is 0 Å². The largest absolute Gasteiger partial charge is 0.273 e. The monoisotopic (exact) mass is 526 g/mol. The highest BCUT2D eigenvalue weighted by atomic mass is 35.5. The van der Waals surface area contributed by atoms with Gasteiger partial charge in [-0.05, 0) is 55.3 Å². The molecule has 1 aliphatic carbocycles. The number of benzene rings is 3. The smallest absolute Gasteiger partial charge is 0.266 e. The van der Waals surface area contributed by atoms with Crippen LogP contribution in [0.5, 0.6) is 0 Å². The number of anilines is 2. The van der Waals surface area contributed by atoms with Crippen molar-refractivity contribution in [1.29, 1.82) is 0 Å². The van der Waals surface area contributed by atoms with E-state index in [1.807, 2.05) is 61.5 Å². The number of aryl methyl sites for hydroxylation is 1. The minimum atomic E-state index is -1.13. The Morgan fingerprint density at radius 1 is 0.857 bits per heavy atom. The highest BCUT2D eigenvalue weighted by Gasteiger charge is 2.78. The van der Waals surface area contributed by atoms with Crippen LogP contribution in [0, 0.1) is 12.8 Å². The van der Waals surface area contributed by atoms with Crippen molar-refractivity contribution in [2.75, 3.05) is 9.96 Å². The van der Waals surface area contributed by atoms with Gasteiger partial charge in [0.05, 0.1) is 22.8 Å². The van der Waals surface area contributed by atoms with Crippen molar-refractivity contribution >= 4 is 58.0 Å². The summed E-state index contributed by atoms with van der Waals surface area (Å²) in [5, 5.41) is 2.20. The minimum absolute atomic E-state index is 0.340. The predicted octanol–water partition coefficient (Wildman–Crippen LogP) is 5.84. The third kappa shape index (κ3) is 3.33. The number of nitrogens with zero attached hydrogens (tertiary/aromatic N) is 2. The van der Waals surface area contributed by atoms with E-state index >= 15 is 0 Å². The zero-order valence-corrected chi connectivity index (χ0v) is 21.0. The van der Waals surface area contributed by atoms with E-state index in [0.717, 1.165) is 16.8 Å². The molecule has 2 aliphatic heterocycles. The Hall–Kier alpha value is -2.57. The van der Waals surface area contributed by atoms with Gasteiger partial charge in [0.1, 0.15) is 10.3 Å². The summed E-state index contributed by atoms with van der Waals surface area (Å²) < 4.78 is -1.13. The van der Waals surface area contributed by atoms with Crippen LogP contribution < -0.4 is 9.96 Å². The fourth-order valence-corrected chi connectivity index (χ4v) is 6.51. The lowest BCUT2D eigenvalue weighted by Crippen LogP contribution is -2.49. The first-order chi connectivity index (χ1) is 16.7. The van der Waals surface area contributed by atoms with Crippen LogP contribution >= 0.6 is 34.8 Å². The summed E-state index contributed by atoms with van der Waals surface area (Å²) in [5.74, 6) is -1.55. The number of imide groups is 1. The Bertz CT molecular complexity index is 1310. The van der Waals surface area contributed by atoms with E-state index in [1.165, 1.54) is 4.90 Å². The molecular weight excluding hydrogens is 507 g/mol. The molecule has 0 spiro atoms. The lowest BCUT2D eigenvalue weighted by Gasteiger charge is -2.35. The zero-order valence-electron chi connectivity index (χ0n) is 18.7. The summed E-state index contributed by atoms with van der Waals surface area (Å²) in [5.41, 5.74) is 2.37. The average Bonchev–Trinajstić information content (AvgIpc) is 3.12. The second-order valence-electron chi connectivity index (χ2n) is 9.36. The highest BCUT2D eigenvalue weighted by Crippen LogP contribution is 2.70. The van der Waals surface area contributed by atoms with Gasteiger partial charge in [0.2, 0.25) is 5.91 Å². The van der Waals surface area contributed by atoms with Crippen molar-refractivity contribution in [3.8, 4) is 0 Å². The molecule has 35 heavy (non-hydrogen) atoms. The van der Waals surface area contributed by atoms with Crippen LogP contribution in [0.1, 0.15) is 17.5 Å². The van der Waals surface area contributed by atoms with Crippen LogP contribution in [0.25, 0.3) is 0 Å². The third-order valence-electron chi connectivity index (χ3n) is 7.31. The lowest BCUT2D eigenvalue weighted by atomic mass is 9.79. The van der Waals surface area contributed by atoms with Crippen molar-refractivity contribution in [2.24, 2.45) is 5.92 Å². The number of carbonyl (C=O) groups is 2. The van der Waals surface area contributed by atoms with E-state index in [2.05, 4.69) is 0 Å². The number of rotatable bonds is 4. The number of hydrogen-bond donors (Lipinski definition) is 0. The van der Waals surface area contributed by atoms with Crippen molar-refractivity contribution in [2.45, 2.75) is 35.2 Å². The van der Waals surface area contributed by atoms with Gasteiger partial charge in [-0.25, -0.2) is 9.96 Å². The number of fused-ring (bicyclic) bond motifs is 1. The van der Waals surface area contributed by atoms with Gasteiger partial charge in [-0.15, -0.1) is 23.2 Å². The highest BCUT2D eigenvalue weighted by molar-refractivity contribution is 6.52. The van der Waals surface area contributed by atoms with E-state index in [9.17, 15) is 9.59 Å². The van der Waals surface area contributed by atoms with Crippen LogP contribution in [0.2, 0.25) is 5.02 Å². The summed E-state index contributed by atoms with van der Waals surface area (Å²) in [6.45, 7) is 1.99. The van der Waals surface area contributed by atoms with Gasteiger partial charge < -0.3 is 0 Å². The molecule has 2 amide bonds. The quantitative estimate of drug-likeness (QED) is 0.316. The standard InChI is InChI=1S/C27H21Cl3N2O3/c1-16-7-11-20(12-8-16)32-23(26(15-27(26,29)30)17-5-3-2-4-6-17)21-22(35-32)25(34)31(24(21)33)19-13-9-18(28)10-14-19/h2-14,21-23H,15H2,1H3. The molecule has 2 heterocycles. The van der Waals surface area contributed by atoms with E-state index in [1.54, 1.807) is 29.3 Å². The molecule has 6 rings (SSSR count). The van der Waals surface area contributed by atoms with Crippen molar-refractivity contribution in [1.82, 2.24) is 0 Å². The molecule has 3 aromatic carbocycles. The maximum Gasteiger partial charge on any atom is 0.266 e. The number of alkyl halides is 2. The van der Waals surface area contributed by atoms with E-state index in [-0.39, 0.29) is 5.91 Å². The first-order valence-electron chi connectivity index (χ1n) is 11.3. The first-order valence-corrected chi connectivity index (χ1v) is 12.5. The Labute approximate surface area is 218 Å². The molecule has 0 aromatic heterocycles. The Morgan fingerprint density at radius 2 is 1.46 bits per heavy atom. The van der Waals surface area contributed by atoms with Crippen LogP contribution in [-0.2, 0) is 19.8 Å². The molecular formula is C27H21Cl3N2O3. The van der Waals surface area contributed by atoms with Gasteiger partial charge in [0.25, 0.3) is 5.91 Å². The predicted molar refractivity (Wildman–Crippen MR) is 137 cm³/mol. The Morgan fingerprint density at radius 3 is 2.06 bits per heavy atom.